The summed E-state index contributed by atoms with van der Waals surface area (Å²) in [7, 11) is 0. The summed E-state index contributed by atoms with van der Waals surface area (Å²) in [5, 5.41) is 3.49. The summed E-state index contributed by atoms with van der Waals surface area (Å²) in [6, 6.07) is 2.50. The number of nitrogens with one attached hydrogen (secondary N) is 1. The number of aromatic nitrogens is 1. The van der Waals surface area contributed by atoms with Crippen LogP contribution in [0.2, 0.25) is 0 Å². The molecule has 2 unspecified atom stereocenters. The van der Waals surface area contributed by atoms with E-state index in [2.05, 4.69) is 33.2 Å². The summed E-state index contributed by atoms with van der Waals surface area (Å²) in [6.45, 7) is 8.45. The summed E-state index contributed by atoms with van der Waals surface area (Å²) >= 11 is 3.42. The molecule has 1 fully saturated rings. The Labute approximate surface area is 140 Å². The van der Waals surface area contributed by atoms with Gasteiger partial charge in [-0.2, -0.15) is 0 Å². The van der Waals surface area contributed by atoms with Crippen molar-refractivity contribution < 1.29 is 9.53 Å². The number of anilines is 1. The Morgan fingerprint density at radius 1 is 1.45 bits per heavy atom. The minimum Gasteiger partial charge on any atom is -0.444 e. The van der Waals surface area contributed by atoms with Crippen LogP contribution in [-0.4, -0.2) is 40.2 Å². The van der Waals surface area contributed by atoms with E-state index in [1.54, 1.807) is 6.20 Å². The van der Waals surface area contributed by atoms with Crippen molar-refractivity contribution in [2.45, 2.75) is 58.2 Å². The Bertz CT molecular complexity index is 530. The van der Waals surface area contributed by atoms with Gasteiger partial charge in [0.2, 0.25) is 0 Å². The number of likely N-dealkylation sites (tertiary alicyclic amines) is 1. The van der Waals surface area contributed by atoms with Gasteiger partial charge in [-0.1, -0.05) is 0 Å². The van der Waals surface area contributed by atoms with Crippen LogP contribution in [0.15, 0.2) is 22.9 Å². The van der Waals surface area contributed by atoms with Gasteiger partial charge in [0.25, 0.3) is 0 Å². The van der Waals surface area contributed by atoms with E-state index >= 15 is 0 Å². The highest BCUT2D eigenvalue weighted by Gasteiger charge is 2.31. The average Bonchev–Trinajstić information content (AvgIpc) is 2.36. The van der Waals surface area contributed by atoms with Crippen LogP contribution in [-0.2, 0) is 4.74 Å². The van der Waals surface area contributed by atoms with Crippen molar-refractivity contribution in [3.05, 3.63) is 22.9 Å². The van der Waals surface area contributed by atoms with Crippen LogP contribution in [0.1, 0.15) is 40.5 Å². The van der Waals surface area contributed by atoms with Gasteiger partial charge < -0.3 is 15.0 Å². The summed E-state index contributed by atoms with van der Waals surface area (Å²) in [5.74, 6) is 0. The maximum Gasteiger partial charge on any atom is 0.410 e. The number of piperidine rings is 1. The number of carbonyl (C=O) groups excluding carboxylic acids is 1. The second-order valence-corrected chi connectivity index (χ2v) is 7.70. The Morgan fingerprint density at radius 3 is 2.77 bits per heavy atom. The predicted octanol–water partition coefficient (Wildman–Crippen LogP) is 4.04. The number of hydrogen-bond acceptors (Lipinski definition) is 4. The van der Waals surface area contributed by atoms with E-state index in [9.17, 15) is 4.79 Å². The molecule has 6 heteroatoms. The van der Waals surface area contributed by atoms with Crippen molar-refractivity contribution in [1.29, 1.82) is 0 Å². The number of pyridine rings is 1. The molecular formula is C16H24BrN3O2. The number of rotatable bonds is 2. The minimum atomic E-state index is -0.451. The zero-order chi connectivity index (χ0) is 16.3. The number of hydrogen-bond donors (Lipinski definition) is 1. The molecule has 1 aliphatic rings. The first-order valence-corrected chi connectivity index (χ1v) is 8.40. The quantitative estimate of drug-likeness (QED) is 0.854. The summed E-state index contributed by atoms with van der Waals surface area (Å²) in [5.41, 5.74) is 0.547. The monoisotopic (exact) mass is 369 g/mol. The van der Waals surface area contributed by atoms with Gasteiger partial charge in [-0.05, 0) is 62.5 Å². The fraction of sp³-hybridized carbons (Fsp3) is 0.625. The molecule has 0 bridgehead atoms. The molecule has 1 saturated heterocycles. The molecule has 0 radical (unpaired) electrons. The zero-order valence-corrected chi connectivity index (χ0v) is 15.2. The third kappa shape index (κ3) is 4.87. The number of ether oxygens (including phenoxy) is 1. The first kappa shape index (κ1) is 17.1. The Morgan fingerprint density at radius 2 is 2.18 bits per heavy atom. The third-order valence-corrected chi connectivity index (χ3v) is 4.01. The number of halogens is 1. The van der Waals surface area contributed by atoms with Crippen molar-refractivity contribution >= 4 is 27.7 Å². The molecule has 1 aromatic rings. The van der Waals surface area contributed by atoms with Crippen LogP contribution in [0.25, 0.3) is 0 Å². The van der Waals surface area contributed by atoms with E-state index in [1.807, 2.05) is 37.9 Å². The first-order chi connectivity index (χ1) is 10.2. The fourth-order valence-corrected chi connectivity index (χ4v) is 2.99. The predicted molar refractivity (Wildman–Crippen MR) is 91.0 cm³/mol. The normalized spacial score (nSPS) is 22.3. The second kappa shape index (κ2) is 6.86. The second-order valence-electron chi connectivity index (χ2n) is 6.78. The van der Waals surface area contributed by atoms with Gasteiger partial charge in [-0.3, -0.25) is 4.98 Å². The molecule has 0 aromatic carbocycles. The molecule has 1 aromatic heterocycles. The van der Waals surface area contributed by atoms with Crippen molar-refractivity contribution in [3.63, 3.8) is 0 Å². The highest BCUT2D eigenvalue weighted by Crippen LogP contribution is 2.24. The van der Waals surface area contributed by atoms with Gasteiger partial charge in [-0.25, -0.2) is 4.79 Å². The highest BCUT2D eigenvalue weighted by atomic mass is 79.9. The third-order valence-electron chi connectivity index (χ3n) is 3.58. The highest BCUT2D eigenvalue weighted by molar-refractivity contribution is 9.10. The molecule has 1 amide bonds. The van der Waals surface area contributed by atoms with Gasteiger partial charge in [0, 0.05) is 29.3 Å². The van der Waals surface area contributed by atoms with E-state index in [0.717, 1.165) is 23.0 Å². The number of amides is 1. The summed E-state index contributed by atoms with van der Waals surface area (Å²) in [4.78, 5) is 18.2. The van der Waals surface area contributed by atoms with E-state index in [4.69, 9.17) is 4.74 Å². The first-order valence-electron chi connectivity index (χ1n) is 7.61. The lowest BCUT2D eigenvalue weighted by molar-refractivity contribution is 0.0112. The van der Waals surface area contributed by atoms with Crippen molar-refractivity contribution in [2.75, 3.05) is 11.9 Å². The zero-order valence-electron chi connectivity index (χ0n) is 13.6. The molecule has 0 spiro atoms. The van der Waals surface area contributed by atoms with E-state index in [0.29, 0.717) is 12.6 Å². The average molecular weight is 370 g/mol. The molecule has 22 heavy (non-hydrogen) atoms. The maximum absolute atomic E-state index is 12.2. The Hall–Kier alpha value is -1.30. The van der Waals surface area contributed by atoms with Gasteiger partial charge in [0.05, 0.1) is 11.9 Å². The minimum absolute atomic E-state index is 0.154. The SMILES string of the molecule is CC1CC(Nc2cncc(Br)c2)CCN1C(=O)OC(C)(C)C. The smallest absolute Gasteiger partial charge is 0.410 e. The molecule has 2 heterocycles. The Kier molecular flexibility index (Phi) is 5.32. The molecule has 5 nitrogen and oxygen atoms in total. The topological polar surface area (TPSA) is 54.5 Å². The summed E-state index contributed by atoms with van der Waals surface area (Å²) < 4.78 is 6.42. The van der Waals surface area contributed by atoms with E-state index in [1.165, 1.54) is 0 Å². The molecule has 0 aliphatic carbocycles. The van der Waals surface area contributed by atoms with Crippen molar-refractivity contribution in [3.8, 4) is 0 Å². The lowest BCUT2D eigenvalue weighted by Crippen LogP contribution is -2.49. The van der Waals surface area contributed by atoms with Gasteiger partial charge in [-0.15, -0.1) is 0 Å². The maximum atomic E-state index is 12.2. The van der Waals surface area contributed by atoms with Crippen LogP contribution in [0.5, 0.6) is 0 Å². The van der Waals surface area contributed by atoms with E-state index < -0.39 is 5.60 Å². The molecule has 122 valence electrons. The largest absolute Gasteiger partial charge is 0.444 e. The molecule has 1 N–H and O–H groups in total. The van der Waals surface area contributed by atoms with Gasteiger partial charge >= 0.3 is 6.09 Å². The molecular weight excluding hydrogens is 346 g/mol. The molecule has 2 atom stereocenters. The molecule has 1 aliphatic heterocycles. The van der Waals surface area contributed by atoms with Gasteiger partial charge in [0.15, 0.2) is 0 Å². The standard InChI is InChI=1S/C16H24BrN3O2/c1-11-7-13(19-14-8-12(17)9-18-10-14)5-6-20(11)15(21)22-16(2,3)4/h8-11,13,19H,5-7H2,1-4H3. The lowest BCUT2D eigenvalue weighted by Gasteiger charge is -2.38. The van der Waals surface area contributed by atoms with Crippen LogP contribution in [0, 0.1) is 0 Å². The van der Waals surface area contributed by atoms with E-state index in [-0.39, 0.29) is 12.1 Å². The van der Waals surface area contributed by atoms with Gasteiger partial charge in [0.1, 0.15) is 5.60 Å². The van der Waals surface area contributed by atoms with Crippen LogP contribution < -0.4 is 5.32 Å². The van der Waals surface area contributed by atoms with Crippen LogP contribution >= 0.6 is 15.9 Å². The fourth-order valence-electron chi connectivity index (χ4n) is 2.62. The Balaban J connectivity index is 1.91. The van der Waals surface area contributed by atoms with Crippen molar-refractivity contribution in [1.82, 2.24) is 9.88 Å². The molecule has 2 rings (SSSR count). The number of nitrogens with zero attached hydrogens (tertiary/aromatic N) is 2. The van der Waals surface area contributed by atoms with Crippen LogP contribution in [0.3, 0.4) is 0 Å². The lowest BCUT2D eigenvalue weighted by atomic mass is 9.98. The van der Waals surface area contributed by atoms with Crippen LogP contribution in [0.4, 0.5) is 10.5 Å². The molecule has 0 saturated carbocycles. The summed E-state index contributed by atoms with van der Waals surface area (Å²) in [6.07, 6.45) is 5.15. The van der Waals surface area contributed by atoms with Crippen molar-refractivity contribution in [2.24, 2.45) is 0 Å². The number of carbonyl (C=O) groups is 1.